The highest BCUT2D eigenvalue weighted by atomic mass is 32.2. The van der Waals surface area contributed by atoms with E-state index in [9.17, 15) is 9.59 Å². The molecule has 4 rings (SSSR count). The number of hydrogen-bond acceptors (Lipinski definition) is 6. The van der Waals surface area contributed by atoms with E-state index in [0.29, 0.717) is 19.5 Å². The molecule has 2 fully saturated rings. The van der Waals surface area contributed by atoms with Crippen molar-refractivity contribution < 1.29 is 18.9 Å². The summed E-state index contributed by atoms with van der Waals surface area (Å²) in [4.78, 5) is 32.3. The number of aryl methyl sites for hydroxylation is 1. The topological polar surface area (TPSA) is 80.8 Å². The molecule has 2 saturated heterocycles. The third-order valence-electron chi connectivity index (χ3n) is 7.25. The molecule has 9 heteroatoms. The average molecular weight is 495 g/mol. The van der Waals surface area contributed by atoms with Crippen molar-refractivity contribution in [3.8, 4) is 0 Å². The largest absolute Gasteiger partial charge is 0.496 e. The SMILES string of the molecule is CNC(=O)[C@H]1CCN(C(=O)C(Sc2ncc(B3OC(C)(C)C(C)(C)O3)cc2C)c2ccccc2)C1. The van der Waals surface area contributed by atoms with Crippen molar-refractivity contribution in [2.75, 3.05) is 20.1 Å². The third-order valence-corrected chi connectivity index (χ3v) is 8.61. The number of nitrogens with zero attached hydrogens (tertiary/aromatic N) is 2. The van der Waals surface area contributed by atoms with Gasteiger partial charge in [0.05, 0.1) is 22.1 Å². The minimum absolute atomic E-state index is 0.00355. The molecule has 1 aromatic heterocycles. The van der Waals surface area contributed by atoms with Crippen molar-refractivity contribution in [3.63, 3.8) is 0 Å². The first-order valence-electron chi connectivity index (χ1n) is 12.1. The molecule has 2 amide bonds. The first kappa shape index (κ1) is 25.7. The van der Waals surface area contributed by atoms with Crippen LogP contribution in [0, 0.1) is 12.8 Å². The molecule has 1 unspecified atom stereocenters. The summed E-state index contributed by atoms with van der Waals surface area (Å²) in [5, 5.41) is 3.04. The van der Waals surface area contributed by atoms with Gasteiger partial charge in [-0.3, -0.25) is 9.59 Å². The Hall–Kier alpha value is -2.36. The van der Waals surface area contributed by atoms with Gasteiger partial charge >= 0.3 is 7.12 Å². The quantitative estimate of drug-likeness (QED) is 0.490. The highest BCUT2D eigenvalue weighted by molar-refractivity contribution is 8.00. The summed E-state index contributed by atoms with van der Waals surface area (Å²) in [5.74, 6) is -0.173. The zero-order valence-electron chi connectivity index (χ0n) is 21.3. The number of hydrogen-bond donors (Lipinski definition) is 1. The first-order valence-corrected chi connectivity index (χ1v) is 12.9. The Morgan fingerprint density at radius 2 is 1.83 bits per heavy atom. The fourth-order valence-corrected chi connectivity index (χ4v) is 5.49. The highest BCUT2D eigenvalue weighted by Gasteiger charge is 2.52. The summed E-state index contributed by atoms with van der Waals surface area (Å²) >= 11 is 1.45. The number of nitrogens with one attached hydrogen (secondary N) is 1. The van der Waals surface area contributed by atoms with Crippen LogP contribution in [0.3, 0.4) is 0 Å². The minimum atomic E-state index is -0.483. The van der Waals surface area contributed by atoms with Gasteiger partial charge < -0.3 is 19.5 Å². The summed E-state index contributed by atoms with van der Waals surface area (Å²) in [7, 11) is 1.15. The van der Waals surface area contributed by atoms with Crippen LogP contribution >= 0.6 is 11.8 Å². The van der Waals surface area contributed by atoms with Crippen LogP contribution in [0.1, 0.15) is 50.5 Å². The number of amides is 2. The average Bonchev–Trinajstić information content (AvgIpc) is 3.40. The predicted molar refractivity (Wildman–Crippen MR) is 138 cm³/mol. The van der Waals surface area contributed by atoms with Crippen molar-refractivity contribution in [1.82, 2.24) is 15.2 Å². The van der Waals surface area contributed by atoms with E-state index in [1.807, 2.05) is 71.0 Å². The summed E-state index contributed by atoms with van der Waals surface area (Å²) in [6.07, 6.45) is 2.46. The predicted octanol–water partition coefficient (Wildman–Crippen LogP) is 3.12. The van der Waals surface area contributed by atoms with E-state index in [4.69, 9.17) is 14.3 Å². The molecule has 0 bridgehead atoms. The fraction of sp³-hybridized carbons (Fsp3) is 0.500. The van der Waals surface area contributed by atoms with E-state index in [-0.39, 0.29) is 17.7 Å². The van der Waals surface area contributed by atoms with Gasteiger partial charge in [0.15, 0.2) is 0 Å². The Bertz CT molecular complexity index is 1080. The first-order chi connectivity index (χ1) is 16.5. The number of rotatable bonds is 6. The Morgan fingerprint density at radius 1 is 1.17 bits per heavy atom. The van der Waals surface area contributed by atoms with E-state index in [1.165, 1.54) is 11.8 Å². The van der Waals surface area contributed by atoms with Crippen molar-refractivity contribution in [1.29, 1.82) is 0 Å². The molecule has 0 aliphatic carbocycles. The molecule has 35 heavy (non-hydrogen) atoms. The van der Waals surface area contributed by atoms with E-state index in [2.05, 4.69) is 5.32 Å². The molecule has 7 nitrogen and oxygen atoms in total. The molecule has 0 saturated carbocycles. The second kappa shape index (κ2) is 9.95. The van der Waals surface area contributed by atoms with Crippen LogP contribution in [0.5, 0.6) is 0 Å². The van der Waals surface area contributed by atoms with Gasteiger partial charge in [0.1, 0.15) is 5.25 Å². The van der Waals surface area contributed by atoms with Crippen LogP contribution in [-0.2, 0) is 18.9 Å². The van der Waals surface area contributed by atoms with Gasteiger partial charge in [-0.05, 0) is 52.2 Å². The lowest BCUT2D eigenvalue weighted by Crippen LogP contribution is -2.41. The number of carbonyl (C=O) groups is 2. The van der Waals surface area contributed by atoms with Crippen molar-refractivity contribution in [3.05, 3.63) is 53.7 Å². The third kappa shape index (κ3) is 5.27. The van der Waals surface area contributed by atoms with Gasteiger partial charge in [-0.1, -0.05) is 48.2 Å². The van der Waals surface area contributed by atoms with Crippen molar-refractivity contribution >= 4 is 36.2 Å². The van der Waals surface area contributed by atoms with Crippen molar-refractivity contribution in [2.24, 2.45) is 5.92 Å². The smallest absolute Gasteiger partial charge is 0.399 e. The van der Waals surface area contributed by atoms with E-state index in [0.717, 1.165) is 21.6 Å². The standard InChI is InChI=1S/C26H34BN3O4S/c1-17-14-20(27-33-25(2,3)26(4,5)34-27)15-29-23(17)35-21(18-10-8-7-9-11-18)24(32)30-13-12-19(16-30)22(31)28-6/h7-11,14-15,19,21H,12-13,16H2,1-6H3,(H,28,31)/t19-,21?/m0/s1. The monoisotopic (exact) mass is 495 g/mol. The maximum atomic E-state index is 13.6. The molecule has 0 spiro atoms. The Morgan fingerprint density at radius 3 is 2.43 bits per heavy atom. The number of pyridine rings is 1. The maximum absolute atomic E-state index is 13.6. The number of carbonyl (C=O) groups excluding carboxylic acids is 2. The normalized spacial score (nSPS) is 21.7. The summed E-state index contributed by atoms with van der Waals surface area (Å²) < 4.78 is 12.4. The summed E-state index contributed by atoms with van der Waals surface area (Å²) in [5.41, 5.74) is 1.89. The fourth-order valence-electron chi connectivity index (χ4n) is 4.36. The lowest BCUT2D eigenvalue weighted by molar-refractivity contribution is -0.130. The zero-order chi connectivity index (χ0) is 25.4. The van der Waals surface area contributed by atoms with Gasteiger partial charge in [0.25, 0.3) is 0 Å². The molecule has 3 heterocycles. The van der Waals surface area contributed by atoms with Gasteiger partial charge in [0.2, 0.25) is 11.8 Å². The molecule has 2 aromatic rings. The van der Waals surface area contributed by atoms with Gasteiger partial charge in [0, 0.05) is 31.8 Å². The van der Waals surface area contributed by atoms with Crippen LogP contribution in [0.15, 0.2) is 47.6 Å². The van der Waals surface area contributed by atoms with Crippen LogP contribution in [0.25, 0.3) is 0 Å². The second-order valence-corrected chi connectivity index (χ2v) is 11.4. The number of likely N-dealkylation sites (tertiary alicyclic amines) is 1. The molecule has 0 radical (unpaired) electrons. The zero-order valence-corrected chi connectivity index (χ0v) is 22.1. The second-order valence-electron chi connectivity index (χ2n) is 10.3. The molecule has 1 N–H and O–H groups in total. The van der Waals surface area contributed by atoms with Crippen molar-refractivity contribution in [2.45, 2.75) is 62.5 Å². The van der Waals surface area contributed by atoms with Gasteiger partial charge in [-0.15, -0.1) is 0 Å². The minimum Gasteiger partial charge on any atom is -0.399 e. The Labute approximate surface area is 212 Å². The number of aromatic nitrogens is 1. The van der Waals surface area contributed by atoms with Gasteiger partial charge in [-0.2, -0.15) is 0 Å². The Balaban J connectivity index is 1.55. The van der Waals surface area contributed by atoms with E-state index < -0.39 is 23.6 Å². The van der Waals surface area contributed by atoms with Crippen LogP contribution in [0.4, 0.5) is 0 Å². The maximum Gasteiger partial charge on any atom is 0.496 e. The molecule has 2 aliphatic heterocycles. The molecule has 2 aliphatic rings. The van der Waals surface area contributed by atoms with Crippen LogP contribution in [-0.4, -0.2) is 60.2 Å². The molecule has 186 valence electrons. The van der Waals surface area contributed by atoms with Gasteiger partial charge in [-0.25, -0.2) is 4.98 Å². The highest BCUT2D eigenvalue weighted by Crippen LogP contribution is 2.39. The number of thioether (sulfide) groups is 1. The summed E-state index contributed by atoms with van der Waals surface area (Å²) in [6.45, 7) is 11.1. The molecule has 2 atom stereocenters. The summed E-state index contributed by atoms with van der Waals surface area (Å²) in [6, 6.07) is 11.8. The van der Waals surface area contributed by atoms with Crippen LogP contribution < -0.4 is 10.8 Å². The lowest BCUT2D eigenvalue weighted by Gasteiger charge is -2.32. The Kier molecular flexibility index (Phi) is 7.32. The molecular weight excluding hydrogens is 461 g/mol. The van der Waals surface area contributed by atoms with E-state index >= 15 is 0 Å². The number of benzene rings is 1. The van der Waals surface area contributed by atoms with Crippen LogP contribution in [0.2, 0.25) is 0 Å². The lowest BCUT2D eigenvalue weighted by atomic mass is 9.80. The van der Waals surface area contributed by atoms with E-state index in [1.54, 1.807) is 18.1 Å². The molecule has 1 aromatic carbocycles. The molecular formula is C26H34BN3O4S.